The molecule has 0 radical (unpaired) electrons. The molecule has 0 spiro atoms. The van der Waals surface area contributed by atoms with E-state index < -0.39 is 16.5 Å². The number of nitrogens with zero attached hydrogens (tertiary/aromatic N) is 4. The summed E-state index contributed by atoms with van der Waals surface area (Å²) in [6, 6.07) is 10.1. The van der Waals surface area contributed by atoms with Gasteiger partial charge >= 0.3 is 5.97 Å². The predicted molar refractivity (Wildman–Crippen MR) is 96.8 cm³/mol. The second kappa shape index (κ2) is 6.39. The van der Waals surface area contributed by atoms with Gasteiger partial charge in [0.25, 0.3) is 11.2 Å². The van der Waals surface area contributed by atoms with Crippen LogP contribution in [0.15, 0.2) is 47.3 Å². The Balaban J connectivity index is 1.83. The molecule has 11 nitrogen and oxygen atoms in total. The number of fused-ring (bicyclic) bond motifs is 1. The van der Waals surface area contributed by atoms with Gasteiger partial charge in [0.2, 0.25) is 5.65 Å². The van der Waals surface area contributed by atoms with Gasteiger partial charge in [0.05, 0.1) is 16.1 Å². The van der Waals surface area contributed by atoms with Gasteiger partial charge in [-0.15, -0.1) is 10.2 Å². The Hall–Kier alpha value is -4.41. The van der Waals surface area contributed by atoms with Crippen molar-refractivity contribution in [2.45, 2.75) is 0 Å². The number of nitro groups is 1. The first-order valence-electron chi connectivity index (χ1n) is 7.87. The van der Waals surface area contributed by atoms with Crippen LogP contribution in [0.4, 0.5) is 5.69 Å². The first-order chi connectivity index (χ1) is 13.4. The minimum atomic E-state index is -1.09. The maximum atomic E-state index is 12.0. The molecule has 0 aliphatic carbocycles. The van der Waals surface area contributed by atoms with Gasteiger partial charge in [-0.3, -0.25) is 14.9 Å². The van der Waals surface area contributed by atoms with Gasteiger partial charge in [0.1, 0.15) is 5.82 Å². The summed E-state index contributed by atoms with van der Waals surface area (Å²) in [7, 11) is 0. The van der Waals surface area contributed by atoms with Crippen molar-refractivity contribution in [3.05, 3.63) is 68.5 Å². The lowest BCUT2D eigenvalue weighted by Gasteiger charge is -2.07. The summed E-state index contributed by atoms with van der Waals surface area (Å²) in [4.78, 5) is 40.7. The average Bonchev–Trinajstić information content (AvgIpc) is 3.17. The molecular formula is C17H10N6O5. The van der Waals surface area contributed by atoms with E-state index in [1.807, 2.05) is 0 Å². The number of benzene rings is 2. The van der Waals surface area contributed by atoms with Crippen LogP contribution in [-0.2, 0) is 0 Å². The van der Waals surface area contributed by atoms with Gasteiger partial charge in [0, 0.05) is 11.6 Å². The number of aromatic nitrogens is 5. The largest absolute Gasteiger partial charge is 0.478 e. The molecule has 0 amide bonds. The van der Waals surface area contributed by atoms with E-state index in [1.54, 1.807) is 6.07 Å². The van der Waals surface area contributed by atoms with Crippen LogP contribution in [0.5, 0.6) is 0 Å². The number of aromatic amines is 2. The highest BCUT2D eigenvalue weighted by molar-refractivity contribution is 5.89. The Kier molecular flexibility index (Phi) is 3.89. The van der Waals surface area contributed by atoms with Crippen molar-refractivity contribution >= 4 is 22.8 Å². The van der Waals surface area contributed by atoms with Crippen LogP contribution in [0, 0.1) is 10.1 Å². The fourth-order valence-corrected chi connectivity index (χ4v) is 2.76. The number of hydrogen-bond donors (Lipinski definition) is 3. The van der Waals surface area contributed by atoms with E-state index in [2.05, 4.69) is 25.4 Å². The van der Waals surface area contributed by atoms with Crippen LogP contribution in [0.2, 0.25) is 0 Å². The third-order valence-corrected chi connectivity index (χ3v) is 4.10. The highest BCUT2D eigenvalue weighted by atomic mass is 16.6. The zero-order chi connectivity index (χ0) is 19.8. The smallest absolute Gasteiger partial charge is 0.335 e. The highest BCUT2D eigenvalue weighted by Gasteiger charge is 2.19. The maximum Gasteiger partial charge on any atom is 0.335 e. The third kappa shape index (κ3) is 2.86. The Morgan fingerprint density at radius 2 is 1.79 bits per heavy atom. The van der Waals surface area contributed by atoms with Gasteiger partial charge in [0.15, 0.2) is 5.52 Å². The molecule has 3 N–H and O–H groups in total. The molecule has 0 aliphatic rings. The number of rotatable bonds is 4. The lowest BCUT2D eigenvalue weighted by molar-refractivity contribution is -0.384. The van der Waals surface area contributed by atoms with E-state index in [9.17, 15) is 19.7 Å². The van der Waals surface area contributed by atoms with Crippen molar-refractivity contribution in [3.8, 4) is 22.5 Å². The minimum absolute atomic E-state index is 0.0355. The summed E-state index contributed by atoms with van der Waals surface area (Å²) in [5.41, 5.74) is 0.564. The molecule has 28 heavy (non-hydrogen) atoms. The second-order valence-electron chi connectivity index (χ2n) is 5.78. The van der Waals surface area contributed by atoms with Crippen molar-refractivity contribution in [2.75, 3.05) is 0 Å². The van der Waals surface area contributed by atoms with E-state index in [-0.39, 0.29) is 28.2 Å². The van der Waals surface area contributed by atoms with Gasteiger partial charge < -0.3 is 10.1 Å². The SMILES string of the molecule is O=C(O)c1ccc(-c2ccc(-c3nc4n[nH]nc4c(=O)[nH]3)cc2[N+](=O)[O-])cc1. The lowest BCUT2D eigenvalue weighted by Crippen LogP contribution is -2.09. The first kappa shape index (κ1) is 17.0. The Labute approximate surface area is 154 Å². The summed E-state index contributed by atoms with van der Waals surface area (Å²) >= 11 is 0. The number of hydrogen-bond acceptors (Lipinski definition) is 7. The molecule has 0 saturated carbocycles. The highest BCUT2D eigenvalue weighted by Crippen LogP contribution is 2.33. The van der Waals surface area contributed by atoms with Gasteiger partial charge in [-0.05, 0) is 23.8 Å². The molecule has 2 heterocycles. The molecule has 0 saturated heterocycles. The number of aromatic carboxylic acids is 1. The molecule has 2 aromatic carbocycles. The van der Waals surface area contributed by atoms with Crippen LogP contribution in [0.3, 0.4) is 0 Å². The molecule has 0 unspecified atom stereocenters. The quantitative estimate of drug-likeness (QED) is 0.358. The third-order valence-electron chi connectivity index (χ3n) is 4.10. The van der Waals surface area contributed by atoms with Gasteiger partial charge in [-0.2, -0.15) is 5.21 Å². The van der Waals surface area contributed by atoms with E-state index in [0.29, 0.717) is 16.7 Å². The summed E-state index contributed by atoms with van der Waals surface area (Å²) < 4.78 is 0. The number of carboxylic acids is 1. The Morgan fingerprint density at radius 1 is 1.07 bits per heavy atom. The van der Waals surface area contributed by atoms with E-state index in [0.717, 1.165) is 0 Å². The van der Waals surface area contributed by atoms with Gasteiger partial charge in [-0.25, -0.2) is 9.78 Å². The predicted octanol–water partition coefficient (Wildman–Crippen LogP) is 1.98. The number of nitrogens with one attached hydrogen (secondary N) is 2. The minimum Gasteiger partial charge on any atom is -0.478 e. The van der Waals surface area contributed by atoms with Gasteiger partial charge in [-0.1, -0.05) is 18.2 Å². The van der Waals surface area contributed by atoms with Crippen molar-refractivity contribution in [1.82, 2.24) is 25.4 Å². The van der Waals surface area contributed by atoms with Crippen molar-refractivity contribution in [1.29, 1.82) is 0 Å². The standard InChI is InChI=1S/C17H10N6O5/c24-16-13-15(21-22-20-13)18-14(19-16)10-5-6-11(12(7-10)23(27)28)8-1-3-9(4-2-8)17(25)26/h1-7H,(H,25,26)(H2,18,19,20,21,22,24). The number of carbonyl (C=O) groups is 1. The first-order valence-corrected chi connectivity index (χ1v) is 7.87. The summed E-state index contributed by atoms with van der Waals surface area (Å²) in [6.07, 6.45) is 0. The normalized spacial score (nSPS) is 10.9. The Morgan fingerprint density at radius 3 is 2.46 bits per heavy atom. The molecule has 0 atom stereocenters. The van der Waals surface area contributed by atoms with Crippen LogP contribution in [-0.4, -0.2) is 41.4 Å². The van der Waals surface area contributed by atoms with Crippen LogP contribution in [0.1, 0.15) is 10.4 Å². The molecule has 4 aromatic rings. The summed E-state index contributed by atoms with van der Waals surface area (Å²) in [6.45, 7) is 0. The molecule has 4 rings (SSSR count). The number of carboxylic acid groups (broad SMARTS) is 1. The topological polar surface area (TPSA) is 168 Å². The van der Waals surface area contributed by atoms with E-state index >= 15 is 0 Å². The fourth-order valence-electron chi connectivity index (χ4n) is 2.76. The van der Waals surface area contributed by atoms with Crippen LogP contribution >= 0.6 is 0 Å². The van der Waals surface area contributed by atoms with E-state index in [4.69, 9.17) is 5.11 Å². The zero-order valence-electron chi connectivity index (χ0n) is 13.9. The molecule has 0 aliphatic heterocycles. The second-order valence-corrected chi connectivity index (χ2v) is 5.78. The average molecular weight is 378 g/mol. The molecule has 2 aromatic heterocycles. The maximum absolute atomic E-state index is 12.0. The summed E-state index contributed by atoms with van der Waals surface area (Å²) in [5.74, 6) is -0.975. The van der Waals surface area contributed by atoms with Crippen molar-refractivity contribution in [3.63, 3.8) is 0 Å². The van der Waals surface area contributed by atoms with Crippen molar-refractivity contribution < 1.29 is 14.8 Å². The fraction of sp³-hybridized carbons (Fsp3) is 0. The van der Waals surface area contributed by atoms with Crippen LogP contribution in [0.25, 0.3) is 33.7 Å². The van der Waals surface area contributed by atoms with E-state index in [1.165, 1.54) is 36.4 Å². The number of nitro benzene ring substituents is 1. The summed E-state index contributed by atoms with van der Waals surface area (Å²) in [5, 5.41) is 30.3. The number of H-pyrrole nitrogens is 2. The molecular weight excluding hydrogens is 368 g/mol. The monoisotopic (exact) mass is 378 g/mol. The molecule has 0 bridgehead atoms. The molecule has 138 valence electrons. The molecule has 11 heteroatoms. The lowest BCUT2D eigenvalue weighted by atomic mass is 10.00. The Bertz CT molecular complexity index is 1290. The molecule has 0 fully saturated rings. The van der Waals surface area contributed by atoms with Crippen molar-refractivity contribution in [2.24, 2.45) is 0 Å². The zero-order valence-corrected chi connectivity index (χ0v) is 13.9. The van der Waals surface area contributed by atoms with Crippen LogP contribution < -0.4 is 5.56 Å².